The largest absolute Gasteiger partial charge is 0.478 e. The van der Waals surface area contributed by atoms with Gasteiger partial charge in [0.2, 0.25) is 0 Å². The molecule has 0 saturated carbocycles. The Morgan fingerprint density at radius 3 is 2.85 bits per heavy atom. The number of nitrogens with zero attached hydrogens (tertiary/aromatic N) is 1. The molecule has 3 heteroatoms. The van der Waals surface area contributed by atoms with Crippen molar-refractivity contribution in [1.29, 1.82) is 5.26 Å². The summed E-state index contributed by atoms with van der Waals surface area (Å²) in [6.07, 6.45) is 0.251. The highest BCUT2D eigenvalue weighted by Crippen LogP contribution is 2.11. The van der Waals surface area contributed by atoms with E-state index in [2.05, 4.69) is 0 Å². The zero-order valence-electron chi connectivity index (χ0n) is 7.24. The zero-order valence-corrected chi connectivity index (χ0v) is 7.24. The highest BCUT2D eigenvalue weighted by Gasteiger charge is 2.06. The molecule has 0 aliphatic heterocycles. The molecular weight excluding hydrogens is 166 g/mol. The molecule has 1 N–H and O–H groups in total. The summed E-state index contributed by atoms with van der Waals surface area (Å²) in [6.45, 7) is 1.74. The molecule has 0 spiro atoms. The molecule has 0 aliphatic carbocycles. The smallest absolute Gasteiger partial charge is 0.335 e. The molecule has 1 aromatic carbocycles. The molecule has 1 aromatic rings. The van der Waals surface area contributed by atoms with Crippen LogP contribution < -0.4 is 0 Å². The molecular formula is C10H9NO2. The number of nitriles is 1. The predicted molar refractivity (Wildman–Crippen MR) is 47.5 cm³/mol. The second kappa shape index (κ2) is 3.72. The van der Waals surface area contributed by atoms with Crippen molar-refractivity contribution in [1.82, 2.24) is 0 Å². The van der Waals surface area contributed by atoms with Gasteiger partial charge in [0.25, 0.3) is 0 Å². The van der Waals surface area contributed by atoms with Gasteiger partial charge in [-0.15, -0.1) is 0 Å². The van der Waals surface area contributed by atoms with Gasteiger partial charge in [0, 0.05) is 0 Å². The number of benzene rings is 1. The number of hydrogen-bond donors (Lipinski definition) is 1. The van der Waals surface area contributed by atoms with Crippen LogP contribution in [0.4, 0.5) is 0 Å². The van der Waals surface area contributed by atoms with Gasteiger partial charge in [-0.1, -0.05) is 12.1 Å². The first-order valence-corrected chi connectivity index (χ1v) is 3.85. The molecule has 0 saturated heterocycles. The summed E-state index contributed by atoms with van der Waals surface area (Å²) in [6, 6.07) is 7.01. The van der Waals surface area contributed by atoms with E-state index in [0.717, 1.165) is 5.56 Å². The van der Waals surface area contributed by atoms with Gasteiger partial charge < -0.3 is 5.11 Å². The van der Waals surface area contributed by atoms with E-state index in [1.807, 2.05) is 6.07 Å². The first-order chi connectivity index (χ1) is 6.15. The van der Waals surface area contributed by atoms with Crippen LogP contribution in [0.25, 0.3) is 0 Å². The molecule has 66 valence electrons. The van der Waals surface area contributed by atoms with Crippen LogP contribution in [0.3, 0.4) is 0 Å². The second-order valence-electron chi connectivity index (χ2n) is 2.79. The molecule has 0 atom stereocenters. The highest BCUT2D eigenvalue weighted by atomic mass is 16.4. The van der Waals surface area contributed by atoms with Crippen LogP contribution >= 0.6 is 0 Å². The third-order valence-corrected chi connectivity index (χ3v) is 1.82. The van der Waals surface area contributed by atoms with Crippen molar-refractivity contribution in [3.8, 4) is 6.07 Å². The molecule has 0 fully saturated rings. The van der Waals surface area contributed by atoms with Crippen LogP contribution in [0.2, 0.25) is 0 Å². The van der Waals surface area contributed by atoms with Gasteiger partial charge in [0.1, 0.15) is 0 Å². The van der Waals surface area contributed by atoms with Gasteiger partial charge >= 0.3 is 5.97 Å². The number of rotatable bonds is 2. The molecule has 1 rings (SSSR count). The lowest BCUT2D eigenvalue weighted by molar-refractivity contribution is 0.0696. The van der Waals surface area contributed by atoms with Crippen LogP contribution in [0.1, 0.15) is 21.5 Å². The minimum absolute atomic E-state index is 0.251. The molecule has 0 radical (unpaired) electrons. The van der Waals surface area contributed by atoms with Crippen molar-refractivity contribution in [2.75, 3.05) is 0 Å². The highest BCUT2D eigenvalue weighted by molar-refractivity contribution is 5.89. The van der Waals surface area contributed by atoms with E-state index < -0.39 is 5.97 Å². The summed E-state index contributed by atoms with van der Waals surface area (Å²) >= 11 is 0. The molecule has 13 heavy (non-hydrogen) atoms. The Hall–Kier alpha value is -1.82. The molecule has 0 aromatic heterocycles. The first kappa shape index (κ1) is 9.27. The van der Waals surface area contributed by atoms with Crippen LogP contribution in [-0.2, 0) is 6.42 Å². The van der Waals surface area contributed by atoms with Crippen LogP contribution in [-0.4, -0.2) is 11.1 Å². The topological polar surface area (TPSA) is 61.1 Å². The third kappa shape index (κ3) is 2.06. The van der Waals surface area contributed by atoms with Gasteiger partial charge in [-0.25, -0.2) is 4.79 Å². The van der Waals surface area contributed by atoms with E-state index >= 15 is 0 Å². The maximum Gasteiger partial charge on any atom is 0.335 e. The van der Waals surface area contributed by atoms with Crippen LogP contribution in [0, 0.1) is 18.3 Å². The Morgan fingerprint density at radius 2 is 2.31 bits per heavy atom. The monoisotopic (exact) mass is 175 g/mol. The summed E-state index contributed by atoms with van der Waals surface area (Å²) in [4.78, 5) is 10.7. The van der Waals surface area contributed by atoms with E-state index in [1.54, 1.807) is 25.1 Å². The Morgan fingerprint density at radius 1 is 1.62 bits per heavy atom. The minimum Gasteiger partial charge on any atom is -0.478 e. The maximum absolute atomic E-state index is 10.7. The van der Waals surface area contributed by atoms with Crippen molar-refractivity contribution in [3.05, 3.63) is 34.9 Å². The van der Waals surface area contributed by atoms with E-state index in [1.165, 1.54) is 0 Å². The van der Waals surface area contributed by atoms with Gasteiger partial charge in [-0.3, -0.25) is 0 Å². The average molecular weight is 175 g/mol. The van der Waals surface area contributed by atoms with E-state index in [0.29, 0.717) is 5.56 Å². The number of aromatic carboxylic acids is 1. The van der Waals surface area contributed by atoms with Crippen molar-refractivity contribution < 1.29 is 9.90 Å². The Balaban J connectivity index is 3.13. The van der Waals surface area contributed by atoms with Gasteiger partial charge in [-0.05, 0) is 24.1 Å². The molecule has 3 nitrogen and oxygen atoms in total. The number of hydrogen-bond acceptors (Lipinski definition) is 2. The third-order valence-electron chi connectivity index (χ3n) is 1.82. The van der Waals surface area contributed by atoms with Crippen LogP contribution in [0.15, 0.2) is 18.2 Å². The van der Waals surface area contributed by atoms with Gasteiger partial charge in [-0.2, -0.15) is 5.26 Å². The Labute approximate surface area is 76.2 Å². The Kier molecular flexibility index (Phi) is 2.65. The lowest BCUT2D eigenvalue weighted by atomic mass is 10.0. The average Bonchev–Trinajstić information content (AvgIpc) is 2.08. The number of carboxylic acid groups (broad SMARTS) is 1. The normalized spacial score (nSPS) is 9.23. The first-order valence-electron chi connectivity index (χ1n) is 3.85. The lowest BCUT2D eigenvalue weighted by Crippen LogP contribution is -2.00. The lowest BCUT2D eigenvalue weighted by Gasteiger charge is -2.01. The molecule has 0 aliphatic rings. The molecule has 0 amide bonds. The fourth-order valence-corrected chi connectivity index (χ4v) is 1.10. The fourth-order valence-electron chi connectivity index (χ4n) is 1.10. The van der Waals surface area contributed by atoms with Crippen molar-refractivity contribution in [2.45, 2.75) is 13.3 Å². The molecule has 0 unspecified atom stereocenters. The summed E-state index contributed by atoms with van der Waals surface area (Å²) in [7, 11) is 0. The molecule has 0 heterocycles. The summed E-state index contributed by atoms with van der Waals surface area (Å²) in [5.74, 6) is -0.947. The minimum atomic E-state index is -0.947. The quantitative estimate of drug-likeness (QED) is 0.744. The van der Waals surface area contributed by atoms with E-state index in [9.17, 15) is 4.79 Å². The Bertz CT molecular complexity index is 377. The zero-order chi connectivity index (χ0) is 9.84. The number of carbonyl (C=O) groups is 1. The predicted octanol–water partition coefficient (Wildman–Crippen LogP) is 1.76. The SMILES string of the molecule is Cc1ccc(CC#N)cc1C(=O)O. The second-order valence-corrected chi connectivity index (χ2v) is 2.79. The summed E-state index contributed by atoms with van der Waals surface area (Å²) < 4.78 is 0. The van der Waals surface area contributed by atoms with Crippen molar-refractivity contribution >= 4 is 5.97 Å². The van der Waals surface area contributed by atoms with Gasteiger partial charge in [0.05, 0.1) is 18.1 Å². The summed E-state index contributed by atoms with van der Waals surface area (Å²) in [5, 5.41) is 17.2. The fraction of sp³-hybridized carbons (Fsp3) is 0.200. The number of carboxylic acids is 1. The summed E-state index contributed by atoms with van der Waals surface area (Å²) in [5.41, 5.74) is 1.73. The molecule has 0 bridgehead atoms. The van der Waals surface area contributed by atoms with Crippen LogP contribution in [0.5, 0.6) is 0 Å². The standard InChI is InChI=1S/C10H9NO2/c1-7-2-3-8(4-5-11)6-9(7)10(12)13/h2-3,6H,4H2,1H3,(H,12,13). The van der Waals surface area contributed by atoms with E-state index in [4.69, 9.17) is 10.4 Å². The number of aryl methyl sites for hydroxylation is 1. The van der Waals surface area contributed by atoms with Crippen molar-refractivity contribution in [3.63, 3.8) is 0 Å². The van der Waals surface area contributed by atoms with E-state index in [-0.39, 0.29) is 12.0 Å². The van der Waals surface area contributed by atoms with Crippen molar-refractivity contribution in [2.24, 2.45) is 0 Å². The maximum atomic E-state index is 10.7. The van der Waals surface area contributed by atoms with Gasteiger partial charge in [0.15, 0.2) is 0 Å².